The van der Waals surface area contributed by atoms with E-state index in [1.54, 1.807) is 4.90 Å². The molecule has 0 bridgehead atoms. The first-order valence-electron chi connectivity index (χ1n) is 11.9. The number of halogens is 2. The number of pyridine rings is 1. The molecule has 1 N–H and O–H groups in total. The number of anilines is 1. The summed E-state index contributed by atoms with van der Waals surface area (Å²) in [7, 11) is 0. The highest BCUT2D eigenvalue weighted by molar-refractivity contribution is 6.29. The predicted molar refractivity (Wildman–Crippen MR) is 143 cm³/mol. The van der Waals surface area contributed by atoms with Crippen molar-refractivity contribution in [1.29, 1.82) is 0 Å². The van der Waals surface area contributed by atoms with Gasteiger partial charge in [0.2, 0.25) is 12.3 Å². The van der Waals surface area contributed by atoms with Crippen molar-refractivity contribution in [3.05, 3.63) is 58.3 Å². The Labute approximate surface area is 217 Å². The van der Waals surface area contributed by atoms with Gasteiger partial charge in [0.25, 0.3) is 0 Å². The van der Waals surface area contributed by atoms with Gasteiger partial charge in [-0.2, -0.15) is 0 Å². The first kappa shape index (κ1) is 27.5. The van der Waals surface area contributed by atoms with Gasteiger partial charge in [0, 0.05) is 25.2 Å². The van der Waals surface area contributed by atoms with Crippen LogP contribution in [0.5, 0.6) is 0 Å². The lowest BCUT2D eigenvalue weighted by Gasteiger charge is -2.46. The highest BCUT2D eigenvalue weighted by atomic mass is 35.5. The van der Waals surface area contributed by atoms with E-state index in [-0.39, 0.29) is 34.9 Å². The van der Waals surface area contributed by atoms with Crippen LogP contribution >= 0.6 is 11.6 Å². The van der Waals surface area contributed by atoms with E-state index in [0.29, 0.717) is 35.9 Å². The van der Waals surface area contributed by atoms with Crippen molar-refractivity contribution in [2.24, 2.45) is 15.9 Å². The summed E-state index contributed by atoms with van der Waals surface area (Å²) in [4.78, 5) is 30.8. The van der Waals surface area contributed by atoms with Crippen molar-refractivity contribution in [1.82, 2.24) is 14.8 Å². The maximum Gasteiger partial charge on any atom is 0.246 e. The molecule has 1 amide bonds. The van der Waals surface area contributed by atoms with Crippen molar-refractivity contribution in [2.45, 2.75) is 60.0 Å². The number of aliphatic hydroxyl groups excluding tert-OH is 1. The first-order valence-corrected chi connectivity index (χ1v) is 12.3. The van der Waals surface area contributed by atoms with Crippen LogP contribution in [0.25, 0.3) is 0 Å². The van der Waals surface area contributed by atoms with E-state index in [9.17, 15) is 14.3 Å². The van der Waals surface area contributed by atoms with Gasteiger partial charge in [-0.25, -0.2) is 14.4 Å². The highest BCUT2D eigenvalue weighted by Gasteiger charge is 2.39. The van der Waals surface area contributed by atoms with Gasteiger partial charge in [-0.3, -0.25) is 14.7 Å². The maximum atomic E-state index is 14.8. The maximum absolute atomic E-state index is 14.8. The largest absolute Gasteiger partial charge is 0.355 e. The Kier molecular flexibility index (Phi) is 8.36. The van der Waals surface area contributed by atoms with E-state index in [1.807, 2.05) is 52.5 Å². The zero-order valence-corrected chi connectivity index (χ0v) is 22.4. The summed E-state index contributed by atoms with van der Waals surface area (Å²) in [5.41, 5.74) is 2.42. The molecule has 0 spiro atoms. The number of piperazine rings is 1. The molecule has 1 unspecified atom stereocenters. The lowest BCUT2D eigenvalue weighted by Crippen LogP contribution is -2.60. The number of hydrogen-bond acceptors (Lipinski definition) is 7. The molecule has 1 saturated heterocycles. The Balaban J connectivity index is 2.19. The third-order valence-corrected chi connectivity index (χ3v) is 6.77. The summed E-state index contributed by atoms with van der Waals surface area (Å²) in [6.07, 6.45) is 1.82. The molecule has 1 aromatic heterocycles. The Morgan fingerprint density at radius 2 is 1.94 bits per heavy atom. The number of aromatic nitrogens is 1. The zero-order chi connectivity index (χ0) is 26.9. The van der Waals surface area contributed by atoms with Crippen molar-refractivity contribution in [3.63, 3.8) is 0 Å². The normalized spacial score (nSPS) is 23.3. The molecule has 2 aliphatic rings. The number of aliphatic imine (C=N–C) groups is 2. The summed E-state index contributed by atoms with van der Waals surface area (Å²) >= 11 is 6.13. The third kappa shape index (κ3) is 4.95. The van der Waals surface area contributed by atoms with E-state index in [4.69, 9.17) is 11.6 Å². The summed E-state index contributed by atoms with van der Waals surface area (Å²) < 4.78 is 14.8. The van der Waals surface area contributed by atoms with Crippen LogP contribution in [0.2, 0.25) is 5.15 Å². The number of fused-ring (bicyclic) bond motifs is 1. The molecule has 0 radical (unpaired) electrons. The molecule has 1 fully saturated rings. The molecule has 3 atom stereocenters. The highest BCUT2D eigenvalue weighted by Crippen LogP contribution is 2.38. The fourth-order valence-electron chi connectivity index (χ4n) is 4.84. The van der Waals surface area contributed by atoms with Gasteiger partial charge in [0.15, 0.2) is 11.0 Å². The summed E-state index contributed by atoms with van der Waals surface area (Å²) in [6.45, 7) is 19.8. The van der Waals surface area contributed by atoms with Gasteiger partial charge < -0.3 is 14.9 Å². The third-order valence-electron chi connectivity index (χ3n) is 6.51. The number of carbonyl (C=O) groups is 1. The SMILES string of the molecule is C=CC(=O)N1[C@H](C)CN(C2=NC(O)N(C(/C(C)=C\C)=C(/N=C)C(C)C)c3nc(Cl)c(F)cc32)C[C@@H]1C. The lowest BCUT2D eigenvalue weighted by atomic mass is 10.0. The fraction of sp³-hybridized carbons (Fsp3) is 0.462. The zero-order valence-electron chi connectivity index (χ0n) is 21.7. The Morgan fingerprint density at radius 1 is 1.33 bits per heavy atom. The van der Waals surface area contributed by atoms with E-state index in [1.165, 1.54) is 17.0 Å². The van der Waals surface area contributed by atoms with Gasteiger partial charge in [0.05, 0.1) is 17.0 Å². The summed E-state index contributed by atoms with van der Waals surface area (Å²) in [6, 6.07) is 0.964. The summed E-state index contributed by atoms with van der Waals surface area (Å²) in [5, 5.41) is 11.0. The van der Waals surface area contributed by atoms with Crippen LogP contribution in [0.3, 0.4) is 0 Å². The molecule has 0 aliphatic carbocycles. The fourth-order valence-corrected chi connectivity index (χ4v) is 4.98. The quantitative estimate of drug-likeness (QED) is 0.272. The lowest BCUT2D eigenvalue weighted by molar-refractivity contribution is -0.132. The van der Waals surface area contributed by atoms with Gasteiger partial charge in [0.1, 0.15) is 11.7 Å². The second kappa shape index (κ2) is 10.9. The minimum atomic E-state index is -1.37. The number of allylic oxidation sites excluding steroid dienone is 3. The standard InChI is InChI=1S/C26H34ClFN6O2/c1-9-15(5)22(21(29-8)14(3)4)34-25-18(11-19(28)23(27)30-25)24(31-26(34)36)32-12-16(6)33(17(7)13-32)20(35)10-2/h9-11,14,16-17,26,36H,2,8,12-13H2,1,3-7H3/b15-9-,22-21+/t16-,17+,26?. The molecule has 10 heteroatoms. The number of amidine groups is 1. The average molecular weight is 517 g/mol. The van der Waals surface area contributed by atoms with Gasteiger partial charge in [-0.1, -0.05) is 38.1 Å². The van der Waals surface area contributed by atoms with Crippen LogP contribution in [-0.2, 0) is 4.79 Å². The Hall–Kier alpha value is -3.04. The predicted octanol–water partition coefficient (Wildman–Crippen LogP) is 4.36. The number of amides is 1. The molecule has 3 heterocycles. The van der Waals surface area contributed by atoms with E-state index < -0.39 is 12.2 Å². The number of rotatable bonds is 5. The molecule has 8 nitrogen and oxygen atoms in total. The van der Waals surface area contributed by atoms with Crippen molar-refractivity contribution in [3.8, 4) is 0 Å². The molecular weight excluding hydrogens is 483 g/mol. The number of nitrogens with zero attached hydrogens (tertiary/aromatic N) is 6. The van der Waals surface area contributed by atoms with E-state index in [0.717, 1.165) is 5.57 Å². The molecule has 36 heavy (non-hydrogen) atoms. The second-order valence-electron chi connectivity index (χ2n) is 9.37. The molecule has 1 aromatic rings. The Bertz CT molecular complexity index is 1150. The molecule has 0 saturated carbocycles. The van der Waals surface area contributed by atoms with Crippen LogP contribution in [0, 0.1) is 11.7 Å². The monoisotopic (exact) mass is 516 g/mol. The summed E-state index contributed by atoms with van der Waals surface area (Å²) in [5.74, 6) is -0.221. The molecule has 0 aromatic carbocycles. The smallest absolute Gasteiger partial charge is 0.246 e. The van der Waals surface area contributed by atoms with Crippen molar-refractivity contribution < 1.29 is 14.3 Å². The van der Waals surface area contributed by atoms with Crippen LogP contribution in [0.15, 0.2) is 51.7 Å². The van der Waals surface area contributed by atoms with Crippen LogP contribution in [0.4, 0.5) is 10.2 Å². The molecule has 3 rings (SSSR count). The molecule has 194 valence electrons. The van der Waals surface area contributed by atoms with Crippen LogP contribution in [-0.4, -0.2) is 69.9 Å². The first-order chi connectivity index (χ1) is 17.0. The van der Waals surface area contributed by atoms with E-state index >= 15 is 0 Å². The van der Waals surface area contributed by atoms with Gasteiger partial charge in [-0.15, -0.1) is 0 Å². The molecule has 2 aliphatic heterocycles. The molecular formula is C26H34ClFN6O2. The minimum absolute atomic E-state index is 0.0264. The minimum Gasteiger partial charge on any atom is -0.355 e. The average Bonchev–Trinajstić information content (AvgIpc) is 2.82. The van der Waals surface area contributed by atoms with Crippen LogP contribution in [0.1, 0.15) is 47.1 Å². The van der Waals surface area contributed by atoms with Gasteiger partial charge >= 0.3 is 0 Å². The topological polar surface area (TPSA) is 84.6 Å². The van der Waals surface area contributed by atoms with E-state index in [2.05, 4.69) is 28.3 Å². The van der Waals surface area contributed by atoms with Crippen LogP contribution < -0.4 is 4.90 Å². The number of hydrogen-bond donors (Lipinski definition) is 1. The van der Waals surface area contributed by atoms with Gasteiger partial charge in [-0.05, 0) is 58.0 Å². The van der Waals surface area contributed by atoms with Crippen molar-refractivity contribution >= 4 is 35.9 Å². The Morgan fingerprint density at radius 3 is 2.44 bits per heavy atom. The number of carbonyl (C=O) groups excluding carboxylic acids is 1. The van der Waals surface area contributed by atoms with Crippen molar-refractivity contribution in [2.75, 3.05) is 18.0 Å². The second-order valence-corrected chi connectivity index (χ2v) is 9.73. The number of aliphatic hydroxyl groups is 1.